The first-order valence-electron chi connectivity index (χ1n) is 4.81. The lowest BCUT2D eigenvalue weighted by atomic mass is 9.95. The maximum absolute atomic E-state index is 11.7. The van der Waals surface area contributed by atoms with Crippen molar-refractivity contribution in [1.82, 2.24) is 0 Å². The predicted molar refractivity (Wildman–Crippen MR) is 60.4 cm³/mol. The summed E-state index contributed by atoms with van der Waals surface area (Å²) in [5.74, 6) is -0.747. The Morgan fingerprint density at radius 1 is 1.38 bits per heavy atom. The summed E-state index contributed by atoms with van der Waals surface area (Å²) >= 11 is 3.28. The number of methoxy groups -OCH3 is 1. The quantitative estimate of drug-likeness (QED) is 0.645. The van der Waals surface area contributed by atoms with E-state index in [1.54, 1.807) is 0 Å². The molecule has 0 aromatic heterocycles. The van der Waals surface area contributed by atoms with Gasteiger partial charge in [-0.15, -0.1) is 0 Å². The number of phenols is 2. The summed E-state index contributed by atoms with van der Waals surface area (Å²) in [5, 5.41) is 18.8. The topological polar surface area (TPSA) is 66.8 Å². The van der Waals surface area contributed by atoms with Crippen molar-refractivity contribution in [1.29, 1.82) is 0 Å². The number of ether oxygens (including phenoxy) is 1. The molecule has 1 aliphatic rings. The van der Waals surface area contributed by atoms with Crippen molar-refractivity contribution in [3.05, 3.63) is 22.2 Å². The van der Waals surface area contributed by atoms with E-state index in [0.29, 0.717) is 22.9 Å². The van der Waals surface area contributed by atoms with E-state index in [2.05, 4.69) is 15.9 Å². The maximum Gasteiger partial charge on any atom is 0.316 e. The fourth-order valence-electron chi connectivity index (χ4n) is 1.82. The summed E-state index contributed by atoms with van der Waals surface area (Å²) in [7, 11) is 1.34. The number of esters is 1. The molecule has 4 nitrogen and oxygen atoms in total. The zero-order valence-electron chi connectivity index (χ0n) is 8.66. The molecule has 1 aromatic carbocycles. The van der Waals surface area contributed by atoms with Crippen molar-refractivity contribution in [3.63, 3.8) is 0 Å². The molecule has 0 atom stereocenters. The van der Waals surface area contributed by atoms with Crippen LogP contribution in [0.1, 0.15) is 18.4 Å². The summed E-state index contributed by atoms with van der Waals surface area (Å²) in [6, 6.07) is 2.79. The number of carbonyl (C=O) groups is 1. The second-order valence-electron chi connectivity index (χ2n) is 3.89. The van der Waals surface area contributed by atoms with E-state index in [1.807, 2.05) is 0 Å². The third-order valence-electron chi connectivity index (χ3n) is 2.91. The third-order valence-corrected chi connectivity index (χ3v) is 3.56. The van der Waals surface area contributed by atoms with Crippen LogP contribution in [0.3, 0.4) is 0 Å². The van der Waals surface area contributed by atoms with Crippen molar-refractivity contribution in [2.75, 3.05) is 7.11 Å². The minimum absolute atomic E-state index is 0.212. The summed E-state index contributed by atoms with van der Waals surface area (Å²) < 4.78 is 5.36. The first-order chi connectivity index (χ1) is 7.51. The lowest BCUT2D eigenvalue weighted by Gasteiger charge is -2.15. The van der Waals surface area contributed by atoms with Crippen molar-refractivity contribution >= 4 is 21.9 Å². The first kappa shape index (κ1) is 11.3. The molecule has 1 fully saturated rings. The van der Waals surface area contributed by atoms with Crippen molar-refractivity contribution < 1.29 is 19.7 Å². The zero-order chi connectivity index (χ0) is 11.9. The fourth-order valence-corrected chi connectivity index (χ4v) is 2.53. The highest BCUT2D eigenvalue weighted by atomic mass is 79.9. The molecule has 0 amide bonds. The van der Waals surface area contributed by atoms with E-state index < -0.39 is 5.41 Å². The Kier molecular flexibility index (Phi) is 2.58. The van der Waals surface area contributed by atoms with Crippen LogP contribution >= 0.6 is 15.9 Å². The molecule has 0 radical (unpaired) electrons. The second-order valence-corrected chi connectivity index (χ2v) is 4.75. The highest BCUT2D eigenvalue weighted by Gasteiger charge is 2.53. The van der Waals surface area contributed by atoms with Crippen LogP contribution in [-0.4, -0.2) is 23.3 Å². The minimum Gasteiger partial charge on any atom is -0.504 e. The van der Waals surface area contributed by atoms with Crippen LogP contribution in [0.15, 0.2) is 16.6 Å². The van der Waals surface area contributed by atoms with Crippen LogP contribution in [0.25, 0.3) is 0 Å². The SMILES string of the molecule is COC(=O)C1(c2cc(O)c(O)cc2Br)CC1. The Balaban J connectivity index is 2.49. The Morgan fingerprint density at radius 2 is 1.94 bits per heavy atom. The van der Waals surface area contributed by atoms with Gasteiger partial charge in [-0.25, -0.2) is 0 Å². The van der Waals surface area contributed by atoms with E-state index in [9.17, 15) is 15.0 Å². The number of aromatic hydroxyl groups is 2. The van der Waals surface area contributed by atoms with Crippen LogP contribution in [0.4, 0.5) is 0 Å². The highest BCUT2D eigenvalue weighted by Crippen LogP contribution is 2.53. The number of hydrogen-bond acceptors (Lipinski definition) is 4. The largest absolute Gasteiger partial charge is 0.504 e. The lowest BCUT2D eigenvalue weighted by Crippen LogP contribution is -2.22. The average molecular weight is 287 g/mol. The predicted octanol–water partition coefficient (Wildman–Crippen LogP) is 2.06. The highest BCUT2D eigenvalue weighted by molar-refractivity contribution is 9.10. The first-order valence-corrected chi connectivity index (χ1v) is 5.61. The molecule has 0 aliphatic heterocycles. The van der Waals surface area contributed by atoms with Gasteiger partial charge in [0.15, 0.2) is 11.5 Å². The van der Waals surface area contributed by atoms with Crippen molar-refractivity contribution in [3.8, 4) is 11.5 Å². The van der Waals surface area contributed by atoms with Crippen molar-refractivity contribution in [2.24, 2.45) is 0 Å². The number of rotatable bonds is 2. The fraction of sp³-hybridized carbons (Fsp3) is 0.364. The lowest BCUT2D eigenvalue weighted by molar-refractivity contribution is -0.143. The van der Waals surface area contributed by atoms with Crippen LogP contribution in [0.5, 0.6) is 11.5 Å². The van der Waals surface area contributed by atoms with Gasteiger partial charge in [0, 0.05) is 4.47 Å². The molecule has 0 saturated heterocycles. The zero-order valence-corrected chi connectivity index (χ0v) is 10.2. The molecule has 0 heterocycles. The molecule has 86 valence electrons. The molecular weight excluding hydrogens is 276 g/mol. The van der Waals surface area contributed by atoms with Crippen molar-refractivity contribution in [2.45, 2.75) is 18.3 Å². The number of phenolic OH excluding ortho intramolecular Hbond substituents is 2. The van der Waals surface area contributed by atoms with Gasteiger partial charge in [0.1, 0.15) is 0 Å². The number of halogens is 1. The number of benzene rings is 1. The van der Waals surface area contributed by atoms with E-state index in [4.69, 9.17) is 4.74 Å². The van der Waals surface area contributed by atoms with Gasteiger partial charge in [-0.3, -0.25) is 4.79 Å². The number of hydrogen-bond donors (Lipinski definition) is 2. The molecule has 5 heteroatoms. The van der Waals surface area contributed by atoms with Gasteiger partial charge in [-0.2, -0.15) is 0 Å². The second kappa shape index (κ2) is 3.66. The summed E-state index contributed by atoms with van der Waals surface area (Å²) in [6.45, 7) is 0. The van der Waals surface area contributed by atoms with Crippen LogP contribution in [0, 0.1) is 0 Å². The monoisotopic (exact) mass is 286 g/mol. The van der Waals surface area contributed by atoms with Gasteiger partial charge in [-0.1, -0.05) is 15.9 Å². The van der Waals surface area contributed by atoms with E-state index in [1.165, 1.54) is 19.2 Å². The number of carbonyl (C=O) groups excluding carboxylic acids is 1. The van der Waals surface area contributed by atoms with E-state index >= 15 is 0 Å². The molecule has 0 unspecified atom stereocenters. The molecule has 16 heavy (non-hydrogen) atoms. The molecule has 2 N–H and O–H groups in total. The average Bonchev–Trinajstić information content (AvgIpc) is 3.03. The Labute approximate surface area is 101 Å². The molecule has 1 aromatic rings. The summed E-state index contributed by atoms with van der Waals surface area (Å²) in [5.41, 5.74) is 0.00771. The molecule has 1 saturated carbocycles. The Morgan fingerprint density at radius 3 is 2.44 bits per heavy atom. The molecule has 2 rings (SSSR count). The standard InChI is InChI=1S/C11H11BrO4/c1-16-10(15)11(2-3-11)6-4-8(13)9(14)5-7(6)12/h4-5,13-14H,2-3H2,1H3. The van der Waals surface area contributed by atoms with Crippen LogP contribution < -0.4 is 0 Å². The van der Waals surface area contributed by atoms with Gasteiger partial charge >= 0.3 is 5.97 Å². The molecule has 0 spiro atoms. The van der Waals surface area contributed by atoms with Gasteiger partial charge in [0.25, 0.3) is 0 Å². The third kappa shape index (κ3) is 1.55. The minimum atomic E-state index is -0.654. The normalized spacial score (nSPS) is 16.9. The van der Waals surface area contributed by atoms with Gasteiger partial charge in [0.2, 0.25) is 0 Å². The Bertz CT molecular complexity index is 452. The van der Waals surface area contributed by atoms with Gasteiger partial charge < -0.3 is 14.9 Å². The maximum atomic E-state index is 11.7. The summed E-state index contributed by atoms with van der Waals surface area (Å²) in [6.07, 6.45) is 1.39. The smallest absolute Gasteiger partial charge is 0.316 e. The molecular formula is C11H11BrO4. The van der Waals surface area contributed by atoms with Gasteiger partial charge in [0.05, 0.1) is 12.5 Å². The van der Waals surface area contributed by atoms with E-state index in [0.717, 1.165) is 0 Å². The Hall–Kier alpha value is -1.23. The molecule has 0 bridgehead atoms. The molecule has 1 aliphatic carbocycles. The van der Waals surface area contributed by atoms with Crippen LogP contribution in [-0.2, 0) is 14.9 Å². The summed E-state index contributed by atoms with van der Waals surface area (Å²) in [4.78, 5) is 11.7. The van der Waals surface area contributed by atoms with E-state index in [-0.39, 0.29) is 17.5 Å². The van der Waals surface area contributed by atoms with Crippen LogP contribution in [0.2, 0.25) is 0 Å². The van der Waals surface area contributed by atoms with Gasteiger partial charge in [-0.05, 0) is 30.5 Å².